The van der Waals surface area contributed by atoms with Crippen LogP contribution in [0.4, 0.5) is 18.9 Å². The van der Waals surface area contributed by atoms with Gasteiger partial charge in [-0.3, -0.25) is 4.68 Å². The predicted molar refractivity (Wildman–Crippen MR) is 96.5 cm³/mol. The number of aromatic nitrogens is 5. The first-order valence-electron chi connectivity index (χ1n) is 8.73. The van der Waals surface area contributed by atoms with Crippen LogP contribution in [0.2, 0.25) is 0 Å². The maximum Gasteiger partial charge on any atom is 0.573 e. The average Bonchev–Trinajstić information content (AvgIpc) is 3.28. The van der Waals surface area contributed by atoms with Crippen LogP contribution >= 0.6 is 0 Å². The zero-order chi connectivity index (χ0) is 20.8. The number of ether oxygens (including phenoxy) is 1. The summed E-state index contributed by atoms with van der Waals surface area (Å²) in [6.45, 7) is 2.46. The maximum absolute atomic E-state index is 12.4. The minimum atomic E-state index is -4.77. The summed E-state index contributed by atoms with van der Waals surface area (Å²) >= 11 is 0. The molecule has 0 spiro atoms. The van der Waals surface area contributed by atoms with Crippen molar-refractivity contribution in [2.45, 2.75) is 26.1 Å². The van der Waals surface area contributed by atoms with Gasteiger partial charge in [-0.05, 0) is 31.2 Å². The van der Waals surface area contributed by atoms with Gasteiger partial charge < -0.3 is 14.7 Å². The second-order valence-electron chi connectivity index (χ2n) is 6.41. The Kier molecular flexibility index (Phi) is 4.53. The van der Waals surface area contributed by atoms with E-state index in [2.05, 4.69) is 20.1 Å². The second-order valence-corrected chi connectivity index (χ2v) is 6.41. The lowest BCUT2D eigenvalue weighted by atomic mass is 10.0. The quantitative estimate of drug-likeness (QED) is 0.718. The van der Waals surface area contributed by atoms with E-state index in [4.69, 9.17) is 0 Å². The number of aliphatic hydroxyl groups is 1. The summed E-state index contributed by atoms with van der Waals surface area (Å²) in [5.74, 6) is -0.346. The summed E-state index contributed by atoms with van der Waals surface area (Å²) in [5.41, 5.74) is 3.01. The molecule has 29 heavy (non-hydrogen) atoms. The van der Waals surface area contributed by atoms with E-state index in [1.54, 1.807) is 28.8 Å². The van der Waals surface area contributed by atoms with Gasteiger partial charge in [0, 0.05) is 42.8 Å². The van der Waals surface area contributed by atoms with Gasteiger partial charge in [0.05, 0.1) is 11.9 Å². The number of hydrogen-bond acceptors (Lipinski definition) is 6. The van der Waals surface area contributed by atoms with Gasteiger partial charge in [0.2, 0.25) is 0 Å². The summed E-state index contributed by atoms with van der Waals surface area (Å²) in [7, 11) is 1.79. The second kappa shape index (κ2) is 6.92. The molecular weight excluding hydrogens is 389 g/mol. The molecule has 0 radical (unpaired) electrons. The molecule has 0 aliphatic carbocycles. The number of anilines is 1. The predicted octanol–water partition coefficient (Wildman–Crippen LogP) is 2.83. The molecule has 1 aromatic carbocycles. The Morgan fingerprint density at radius 3 is 2.52 bits per heavy atom. The Bertz CT molecular complexity index is 1050. The number of fused-ring (bicyclic) bond motifs is 1. The number of aliphatic hydroxyl groups excluding tert-OH is 1. The van der Waals surface area contributed by atoms with Crippen molar-refractivity contribution in [2.24, 2.45) is 7.05 Å². The highest BCUT2D eigenvalue weighted by atomic mass is 19.4. The van der Waals surface area contributed by atoms with Crippen LogP contribution in [0.5, 0.6) is 5.75 Å². The number of aryl methyl sites for hydroxylation is 2. The van der Waals surface area contributed by atoms with Gasteiger partial charge in [0.1, 0.15) is 11.4 Å². The molecule has 1 aliphatic heterocycles. The van der Waals surface area contributed by atoms with E-state index in [1.807, 2.05) is 13.1 Å². The smallest absolute Gasteiger partial charge is 0.406 e. The molecule has 8 nitrogen and oxygen atoms in total. The van der Waals surface area contributed by atoms with Crippen LogP contribution in [0.15, 0.2) is 42.9 Å². The molecule has 0 amide bonds. The monoisotopic (exact) mass is 406 g/mol. The Morgan fingerprint density at radius 1 is 1.21 bits per heavy atom. The fourth-order valence-corrected chi connectivity index (χ4v) is 3.21. The Morgan fingerprint density at radius 2 is 1.93 bits per heavy atom. The molecule has 0 fully saturated rings. The summed E-state index contributed by atoms with van der Waals surface area (Å²) in [5, 5.41) is 23.2. The normalized spacial score (nSPS) is 16.6. The van der Waals surface area contributed by atoms with Crippen molar-refractivity contribution in [1.82, 2.24) is 24.8 Å². The van der Waals surface area contributed by atoms with Crippen molar-refractivity contribution in [3.63, 3.8) is 0 Å². The minimum absolute atomic E-state index is 0.346. The van der Waals surface area contributed by atoms with Gasteiger partial charge >= 0.3 is 6.36 Å². The van der Waals surface area contributed by atoms with E-state index in [1.165, 1.54) is 29.2 Å². The van der Waals surface area contributed by atoms with Crippen molar-refractivity contribution in [1.29, 1.82) is 0 Å². The Hall–Kier alpha value is -3.34. The molecule has 1 aliphatic rings. The third-order valence-corrected chi connectivity index (χ3v) is 4.48. The van der Waals surface area contributed by atoms with Crippen LogP contribution in [0.25, 0.3) is 5.57 Å². The first kappa shape index (κ1) is 19.0. The Balaban J connectivity index is 1.76. The molecular formula is C18H17F3N6O2. The summed E-state index contributed by atoms with van der Waals surface area (Å²) in [6.07, 6.45) is -0.718. The number of nitrogens with zero attached hydrogens (tertiary/aromatic N) is 6. The van der Waals surface area contributed by atoms with Crippen LogP contribution in [0.1, 0.15) is 30.1 Å². The lowest BCUT2D eigenvalue weighted by molar-refractivity contribution is -0.274. The van der Waals surface area contributed by atoms with E-state index in [0.717, 1.165) is 11.1 Å². The van der Waals surface area contributed by atoms with E-state index in [0.29, 0.717) is 23.6 Å². The molecule has 152 valence electrons. The number of hydrogen-bond donors (Lipinski definition) is 1. The molecule has 0 bridgehead atoms. The van der Waals surface area contributed by atoms with Gasteiger partial charge in [-0.2, -0.15) is 5.10 Å². The van der Waals surface area contributed by atoms with Gasteiger partial charge in [-0.25, -0.2) is 4.68 Å². The van der Waals surface area contributed by atoms with Gasteiger partial charge in [-0.15, -0.1) is 18.3 Å². The van der Waals surface area contributed by atoms with Gasteiger partial charge in [0.15, 0.2) is 6.23 Å². The van der Waals surface area contributed by atoms with Crippen molar-refractivity contribution in [3.05, 3.63) is 59.8 Å². The topological polar surface area (TPSA) is 81.2 Å². The van der Waals surface area contributed by atoms with E-state index < -0.39 is 12.6 Å². The van der Waals surface area contributed by atoms with Crippen molar-refractivity contribution in [3.8, 4) is 5.75 Å². The summed E-state index contributed by atoms with van der Waals surface area (Å²) in [4.78, 5) is 1.51. The maximum atomic E-state index is 12.4. The standard InChI is InChI=1S/C18H17F3N6O2/c1-3-27-16-14(11-8-22-25(2)9-11)10-26(17(28)15(16)23-24-27)12-4-6-13(7-5-12)29-18(19,20)21/h4-10,17,28H,3H2,1-2H3. The third kappa shape index (κ3) is 3.56. The van der Waals surface area contributed by atoms with E-state index in [9.17, 15) is 18.3 Å². The Labute approximate surface area is 163 Å². The molecule has 2 aromatic heterocycles. The SMILES string of the molecule is CCn1nnc2c1C(c1cnn(C)c1)=CN(c1ccc(OC(F)(F)F)cc1)C2O. The first-order valence-corrected chi connectivity index (χ1v) is 8.73. The van der Waals surface area contributed by atoms with Crippen LogP contribution in [0, 0.1) is 0 Å². The van der Waals surface area contributed by atoms with E-state index in [-0.39, 0.29) is 5.75 Å². The largest absolute Gasteiger partial charge is 0.573 e. The molecule has 4 rings (SSSR count). The number of alkyl halides is 3. The highest BCUT2D eigenvalue weighted by Crippen LogP contribution is 2.38. The average molecular weight is 406 g/mol. The van der Waals surface area contributed by atoms with Crippen LogP contribution < -0.4 is 9.64 Å². The fourth-order valence-electron chi connectivity index (χ4n) is 3.21. The number of benzene rings is 1. The third-order valence-electron chi connectivity index (χ3n) is 4.48. The van der Waals surface area contributed by atoms with Crippen molar-refractivity contribution < 1.29 is 23.0 Å². The highest BCUT2D eigenvalue weighted by Gasteiger charge is 2.34. The summed E-state index contributed by atoms with van der Waals surface area (Å²) < 4.78 is 44.4. The molecule has 11 heteroatoms. The number of halogens is 3. The van der Waals surface area contributed by atoms with Crippen molar-refractivity contribution in [2.75, 3.05) is 4.90 Å². The van der Waals surface area contributed by atoms with Crippen LogP contribution in [-0.4, -0.2) is 36.2 Å². The zero-order valence-corrected chi connectivity index (χ0v) is 15.5. The highest BCUT2D eigenvalue weighted by molar-refractivity contribution is 5.83. The number of rotatable bonds is 4. The van der Waals surface area contributed by atoms with Crippen molar-refractivity contribution >= 4 is 11.3 Å². The van der Waals surface area contributed by atoms with Crippen LogP contribution in [-0.2, 0) is 13.6 Å². The van der Waals surface area contributed by atoms with Gasteiger partial charge in [-0.1, -0.05) is 5.21 Å². The molecule has 1 unspecified atom stereocenters. The molecule has 0 saturated carbocycles. The lowest BCUT2D eigenvalue weighted by Gasteiger charge is -2.31. The molecule has 3 aromatic rings. The molecule has 1 atom stereocenters. The lowest BCUT2D eigenvalue weighted by Crippen LogP contribution is -2.28. The first-order chi connectivity index (χ1) is 13.8. The molecule has 1 N–H and O–H groups in total. The minimum Gasteiger partial charge on any atom is -0.406 e. The molecule has 0 saturated heterocycles. The van der Waals surface area contributed by atoms with Crippen LogP contribution in [0.3, 0.4) is 0 Å². The summed E-state index contributed by atoms with van der Waals surface area (Å²) in [6, 6.07) is 5.23. The van der Waals surface area contributed by atoms with E-state index >= 15 is 0 Å². The molecule has 3 heterocycles. The van der Waals surface area contributed by atoms with Gasteiger partial charge in [0.25, 0.3) is 0 Å². The fraction of sp³-hybridized carbons (Fsp3) is 0.278. The zero-order valence-electron chi connectivity index (χ0n) is 15.5.